The number of carbonyl (C=O) groups is 1. The Morgan fingerprint density at radius 2 is 1.26 bits per heavy atom. The fourth-order valence-corrected chi connectivity index (χ4v) is 6.90. The van der Waals surface area contributed by atoms with Gasteiger partial charge in [0.2, 0.25) is 0 Å². The van der Waals surface area contributed by atoms with Crippen LogP contribution < -0.4 is 11.1 Å². The minimum Gasteiger partial charge on any atom is -0.374 e. The number of benzene rings is 2. The van der Waals surface area contributed by atoms with Crippen LogP contribution in [0.25, 0.3) is 0 Å². The molecule has 0 bridgehead atoms. The maximum Gasteiger partial charge on any atom is 0.501 e. The number of amides is 2. The Bertz CT molecular complexity index is 772. The summed E-state index contributed by atoms with van der Waals surface area (Å²) >= 11 is 6.98. The van der Waals surface area contributed by atoms with Crippen LogP contribution in [0.3, 0.4) is 0 Å². The molecule has 3 N–H and O–H groups in total. The van der Waals surface area contributed by atoms with E-state index in [0.29, 0.717) is 32.3 Å². The second-order valence-corrected chi connectivity index (χ2v) is 11.5. The normalized spacial score (nSPS) is 12.0. The summed E-state index contributed by atoms with van der Waals surface area (Å²) in [5, 5.41) is 3.03. The van der Waals surface area contributed by atoms with Crippen LogP contribution >= 0.6 is 31.9 Å². The van der Waals surface area contributed by atoms with E-state index in [2.05, 4.69) is 37.2 Å². The molecule has 6 nitrogen and oxygen atoms in total. The van der Waals surface area contributed by atoms with Crippen LogP contribution in [0.15, 0.2) is 57.5 Å². The quantitative estimate of drug-likeness (QED) is 0.325. The van der Waals surface area contributed by atoms with Crippen molar-refractivity contribution in [2.24, 2.45) is 5.73 Å². The Morgan fingerprint density at radius 1 is 0.871 bits per heavy atom. The summed E-state index contributed by atoms with van der Waals surface area (Å²) in [6, 6.07) is 15.6. The molecule has 0 aliphatic carbocycles. The number of primary amides is 1. The van der Waals surface area contributed by atoms with Crippen LogP contribution in [0.5, 0.6) is 0 Å². The Labute approximate surface area is 202 Å². The predicted molar refractivity (Wildman–Crippen MR) is 132 cm³/mol. The van der Waals surface area contributed by atoms with Crippen molar-refractivity contribution in [3.05, 3.63) is 68.6 Å². The van der Waals surface area contributed by atoms with Gasteiger partial charge in [0.1, 0.15) is 0 Å². The number of carbonyl (C=O) groups excluding carboxylic acids is 1. The number of urea groups is 1. The van der Waals surface area contributed by atoms with Gasteiger partial charge in [-0.25, -0.2) is 4.79 Å². The fourth-order valence-electron chi connectivity index (χ4n) is 3.68. The number of nitrogens with one attached hydrogen (secondary N) is 1. The van der Waals surface area contributed by atoms with Crippen LogP contribution in [0.4, 0.5) is 4.79 Å². The van der Waals surface area contributed by atoms with Crippen LogP contribution in [-0.2, 0) is 18.8 Å². The van der Waals surface area contributed by atoms with Crippen LogP contribution in [0.1, 0.15) is 38.3 Å². The Kier molecular flexibility index (Phi) is 10.2. The van der Waals surface area contributed by atoms with Crippen molar-refractivity contribution < 1.29 is 18.1 Å². The summed E-state index contributed by atoms with van der Waals surface area (Å²) < 4.78 is 20.1. The molecule has 2 rings (SSSR count). The molecule has 0 fully saturated rings. The summed E-state index contributed by atoms with van der Waals surface area (Å²) in [5.74, 6) is 0. The van der Waals surface area contributed by atoms with E-state index in [4.69, 9.17) is 19.0 Å². The van der Waals surface area contributed by atoms with Crippen molar-refractivity contribution in [3.8, 4) is 0 Å². The second-order valence-electron chi connectivity index (χ2n) is 6.89. The maximum absolute atomic E-state index is 12.2. The second kappa shape index (κ2) is 12.1. The highest BCUT2D eigenvalue weighted by Gasteiger charge is 2.45. The first-order valence-electron chi connectivity index (χ1n) is 10.3. The molecule has 0 spiro atoms. The lowest BCUT2D eigenvalue weighted by molar-refractivity contribution is 0.0690. The topological polar surface area (TPSA) is 82.8 Å². The van der Waals surface area contributed by atoms with Gasteiger partial charge in [-0.15, -0.1) is 0 Å². The molecule has 31 heavy (non-hydrogen) atoms. The lowest BCUT2D eigenvalue weighted by Gasteiger charge is -2.38. The molecular weight excluding hydrogens is 544 g/mol. The monoisotopic (exact) mass is 572 g/mol. The third-order valence-corrected chi connectivity index (χ3v) is 9.01. The average molecular weight is 574 g/mol. The molecule has 9 heteroatoms. The highest BCUT2D eigenvalue weighted by atomic mass is 79.9. The minimum absolute atomic E-state index is 0.485. The lowest BCUT2D eigenvalue weighted by Crippen LogP contribution is -2.52. The zero-order valence-electron chi connectivity index (χ0n) is 18.1. The first-order valence-corrected chi connectivity index (χ1v) is 13.8. The lowest BCUT2D eigenvalue weighted by atomic mass is 9.80. The predicted octanol–water partition coefficient (Wildman–Crippen LogP) is 5.56. The molecule has 170 valence electrons. The van der Waals surface area contributed by atoms with E-state index < -0.39 is 20.4 Å². The third-order valence-electron chi connectivity index (χ3n) is 4.91. The van der Waals surface area contributed by atoms with Gasteiger partial charge in [-0.1, -0.05) is 56.1 Å². The molecule has 0 heterocycles. The highest BCUT2D eigenvalue weighted by Crippen LogP contribution is 2.38. The molecule has 2 aromatic carbocycles. The van der Waals surface area contributed by atoms with E-state index in [1.807, 2.05) is 69.3 Å². The fraction of sp³-hybridized carbons (Fsp3) is 0.409. The minimum atomic E-state index is -2.95. The van der Waals surface area contributed by atoms with Crippen molar-refractivity contribution in [2.45, 2.75) is 38.8 Å². The molecular formula is C22H30Br2N2O4Si. The highest BCUT2D eigenvalue weighted by molar-refractivity contribution is 9.10. The SMILES string of the molecule is CCO[Si](CCC(NC(N)=O)(c1ccc(Br)cc1)c1ccc(Br)cc1)(OCC)OCC. The van der Waals surface area contributed by atoms with Crippen molar-refractivity contribution in [3.63, 3.8) is 0 Å². The van der Waals surface area contributed by atoms with Gasteiger partial charge >= 0.3 is 14.8 Å². The molecule has 0 radical (unpaired) electrons. The van der Waals surface area contributed by atoms with Crippen molar-refractivity contribution in [1.29, 1.82) is 0 Å². The van der Waals surface area contributed by atoms with Crippen LogP contribution in [-0.4, -0.2) is 34.7 Å². The van der Waals surface area contributed by atoms with Gasteiger partial charge in [0.25, 0.3) is 0 Å². The summed E-state index contributed by atoms with van der Waals surface area (Å²) in [5.41, 5.74) is 6.61. The van der Waals surface area contributed by atoms with Gasteiger partial charge in [-0.3, -0.25) is 0 Å². The number of hydrogen-bond acceptors (Lipinski definition) is 4. The van der Waals surface area contributed by atoms with Gasteiger partial charge in [-0.05, 0) is 62.6 Å². The summed E-state index contributed by atoms with van der Waals surface area (Å²) in [7, 11) is -2.95. The van der Waals surface area contributed by atoms with Crippen LogP contribution in [0, 0.1) is 0 Å². The molecule has 0 aliphatic rings. The third kappa shape index (κ3) is 6.87. The van der Waals surface area contributed by atoms with E-state index >= 15 is 0 Å². The van der Waals surface area contributed by atoms with Crippen molar-refractivity contribution >= 4 is 46.7 Å². The molecule has 2 aromatic rings. The number of hydrogen-bond donors (Lipinski definition) is 2. The van der Waals surface area contributed by atoms with E-state index in [9.17, 15) is 4.79 Å². The van der Waals surface area contributed by atoms with Gasteiger partial charge in [-0.2, -0.15) is 0 Å². The molecule has 0 saturated carbocycles. The molecule has 0 aromatic heterocycles. The van der Waals surface area contributed by atoms with Crippen molar-refractivity contribution in [2.75, 3.05) is 19.8 Å². The Hall–Kier alpha value is -1.23. The van der Waals surface area contributed by atoms with Gasteiger partial charge < -0.3 is 24.3 Å². The number of halogens is 2. The van der Waals surface area contributed by atoms with E-state index in [0.717, 1.165) is 20.1 Å². The van der Waals surface area contributed by atoms with Crippen molar-refractivity contribution in [1.82, 2.24) is 5.32 Å². The molecule has 0 unspecified atom stereocenters. The average Bonchev–Trinajstić information content (AvgIpc) is 2.73. The largest absolute Gasteiger partial charge is 0.501 e. The Balaban J connectivity index is 2.59. The summed E-state index contributed by atoms with van der Waals surface area (Å²) in [4.78, 5) is 12.2. The zero-order chi connectivity index (χ0) is 22.9. The first-order chi connectivity index (χ1) is 14.8. The standard InChI is InChI=1S/C22H30Br2N2O4Si/c1-4-28-31(29-5-2,30-6-3)16-15-22(26-21(25)27,17-7-11-19(23)12-8-17)18-9-13-20(24)14-10-18/h7-14H,4-6,15-16H2,1-3H3,(H3,25,26,27). The van der Waals surface area contributed by atoms with E-state index in [-0.39, 0.29) is 0 Å². The van der Waals surface area contributed by atoms with E-state index in [1.54, 1.807) is 0 Å². The van der Waals surface area contributed by atoms with Gasteiger partial charge in [0.05, 0.1) is 5.54 Å². The smallest absolute Gasteiger partial charge is 0.374 e. The molecule has 0 aliphatic heterocycles. The summed E-state index contributed by atoms with van der Waals surface area (Å²) in [6.45, 7) is 7.24. The zero-order valence-corrected chi connectivity index (χ0v) is 22.3. The Morgan fingerprint density at radius 3 is 1.58 bits per heavy atom. The van der Waals surface area contributed by atoms with Gasteiger partial charge in [0.15, 0.2) is 0 Å². The number of rotatable bonds is 12. The molecule has 0 saturated heterocycles. The summed E-state index contributed by atoms with van der Waals surface area (Å²) in [6.07, 6.45) is 0.491. The van der Waals surface area contributed by atoms with E-state index in [1.165, 1.54) is 0 Å². The first kappa shape index (κ1) is 26.0. The number of nitrogens with two attached hydrogens (primary N) is 1. The molecule has 0 atom stereocenters. The maximum atomic E-state index is 12.2. The molecule has 2 amide bonds. The van der Waals surface area contributed by atoms with Crippen LogP contribution in [0.2, 0.25) is 6.04 Å². The van der Waals surface area contributed by atoms with Gasteiger partial charge in [0, 0.05) is 34.8 Å².